The van der Waals surface area contributed by atoms with Gasteiger partial charge in [0.1, 0.15) is 0 Å². The van der Waals surface area contributed by atoms with Crippen molar-refractivity contribution >= 4 is 11.6 Å². The quantitative estimate of drug-likeness (QED) is 0.779. The third-order valence-corrected chi connectivity index (χ3v) is 3.48. The molecule has 0 aliphatic heterocycles. The van der Waals surface area contributed by atoms with Crippen molar-refractivity contribution in [2.24, 2.45) is 5.73 Å². The highest BCUT2D eigenvalue weighted by molar-refractivity contribution is 6.30. The van der Waals surface area contributed by atoms with E-state index in [4.69, 9.17) is 31.5 Å². The maximum atomic E-state index is 5.93. The molecule has 1 saturated carbocycles. The van der Waals surface area contributed by atoms with Gasteiger partial charge in [-0.25, -0.2) is 0 Å². The normalized spacial score (nSPS) is 26.2. The van der Waals surface area contributed by atoms with E-state index in [1.54, 1.807) is 7.11 Å². The summed E-state index contributed by atoms with van der Waals surface area (Å²) in [4.78, 5) is 0. The lowest BCUT2D eigenvalue weighted by Crippen LogP contribution is -2.58. The van der Waals surface area contributed by atoms with Gasteiger partial charge in [0.25, 0.3) is 0 Å². The minimum atomic E-state index is -0.0330. The summed E-state index contributed by atoms with van der Waals surface area (Å²) >= 11 is 5.93. The van der Waals surface area contributed by atoms with Crippen molar-refractivity contribution in [1.82, 2.24) is 0 Å². The molecule has 106 valence electrons. The van der Waals surface area contributed by atoms with Crippen LogP contribution in [0.3, 0.4) is 0 Å². The van der Waals surface area contributed by atoms with Gasteiger partial charge in [-0.1, -0.05) is 23.7 Å². The van der Waals surface area contributed by atoms with Crippen LogP contribution in [0.25, 0.3) is 0 Å². The van der Waals surface area contributed by atoms with Crippen molar-refractivity contribution < 1.29 is 14.2 Å². The number of rotatable bonds is 7. The van der Waals surface area contributed by atoms with Crippen molar-refractivity contribution in [2.45, 2.75) is 31.3 Å². The van der Waals surface area contributed by atoms with E-state index >= 15 is 0 Å². The van der Waals surface area contributed by atoms with Gasteiger partial charge in [-0.3, -0.25) is 0 Å². The molecule has 1 fully saturated rings. The summed E-state index contributed by atoms with van der Waals surface area (Å²) in [5.74, 6) is 0. The first kappa shape index (κ1) is 14.8. The van der Waals surface area contributed by atoms with Crippen molar-refractivity contribution in [3.05, 3.63) is 34.9 Å². The van der Waals surface area contributed by atoms with Crippen molar-refractivity contribution in [1.29, 1.82) is 0 Å². The van der Waals surface area contributed by atoms with Crippen LogP contribution in [0.2, 0.25) is 5.02 Å². The first-order valence-electron chi connectivity index (χ1n) is 6.43. The Morgan fingerprint density at radius 1 is 1.32 bits per heavy atom. The fourth-order valence-electron chi connectivity index (χ4n) is 2.11. The highest BCUT2D eigenvalue weighted by Crippen LogP contribution is 2.27. The average Bonchev–Trinajstić information content (AvgIpc) is 2.39. The fraction of sp³-hybridized carbons (Fsp3) is 0.571. The first-order chi connectivity index (χ1) is 9.20. The number of nitrogens with two attached hydrogens (primary N) is 1. The Morgan fingerprint density at radius 2 is 2.16 bits per heavy atom. The van der Waals surface area contributed by atoms with Crippen molar-refractivity contribution in [3.8, 4) is 0 Å². The predicted molar refractivity (Wildman–Crippen MR) is 74.2 cm³/mol. The minimum absolute atomic E-state index is 0.0330. The van der Waals surface area contributed by atoms with Gasteiger partial charge in [-0.15, -0.1) is 0 Å². The number of hydrogen-bond donors (Lipinski definition) is 1. The highest BCUT2D eigenvalue weighted by atomic mass is 35.5. The predicted octanol–water partition coefficient (Wildman–Crippen LogP) is 1.99. The zero-order valence-corrected chi connectivity index (χ0v) is 11.8. The summed E-state index contributed by atoms with van der Waals surface area (Å²) in [5, 5.41) is 0.722. The summed E-state index contributed by atoms with van der Waals surface area (Å²) < 4.78 is 16.4. The standard InChI is InChI=1S/C14H20ClNO3/c1-17-5-6-18-14-12(16)8-13(14)19-9-10-3-2-4-11(15)7-10/h2-4,7,12-14H,5-6,8-9,16H2,1H3. The van der Waals surface area contributed by atoms with E-state index < -0.39 is 0 Å². The van der Waals surface area contributed by atoms with Crippen LogP contribution in [0.5, 0.6) is 0 Å². The molecule has 0 spiro atoms. The maximum absolute atomic E-state index is 5.93. The molecule has 0 aromatic heterocycles. The van der Waals surface area contributed by atoms with E-state index in [0.29, 0.717) is 19.8 Å². The van der Waals surface area contributed by atoms with Gasteiger partial charge >= 0.3 is 0 Å². The first-order valence-corrected chi connectivity index (χ1v) is 6.80. The highest BCUT2D eigenvalue weighted by Gasteiger charge is 2.40. The lowest BCUT2D eigenvalue weighted by Gasteiger charge is -2.41. The number of halogens is 1. The molecule has 1 aliphatic carbocycles. The molecular formula is C14H20ClNO3. The number of hydrogen-bond acceptors (Lipinski definition) is 4. The molecule has 0 radical (unpaired) electrons. The second kappa shape index (κ2) is 7.22. The summed E-state index contributed by atoms with van der Waals surface area (Å²) in [5.41, 5.74) is 6.98. The molecule has 4 nitrogen and oxygen atoms in total. The summed E-state index contributed by atoms with van der Waals surface area (Å²) in [6, 6.07) is 7.72. The van der Waals surface area contributed by atoms with Crippen LogP contribution in [0, 0.1) is 0 Å². The van der Waals surface area contributed by atoms with Gasteiger partial charge in [0, 0.05) is 18.2 Å². The zero-order chi connectivity index (χ0) is 13.7. The summed E-state index contributed by atoms with van der Waals surface area (Å²) in [6.45, 7) is 1.65. The van der Waals surface area contributed by atoms with E-state index in [9.17, 15) is 0 Å². The van der Waals surface area contributed by atoms with E-state index in [1.807, 2.05) is 24.3 Å². The molecule has 3 unspecified atom stereocenters. The zero-order valence-electron chi connectivity index (χ0n) is 11.0. The molecule has 0 heterocycles. The third-order valence-electron chi connectivity index (χ3n) is 3.24. The molecule has 0 bridgehead atoms. The van der Waals surface area contributed by atoms with Crippen LogP contribution >= 0.6 is 11.6 Å². The summed E-state index contributed by atoms with van der Waals surface area (Å²) in [6.07, 6.45) is 0.859. The smallest absolute Gasteiger partial charge is 0.0989 e. The molecular weight excluding hydrogens is 266 g/mol. The maximum Gasteiger partial charge on any atom is 0.0989 e. The number of methoxy groups -OCH3 is 1. The molecule has 2 rings (SSSR count). The Hall–Kier alpha value is -0.650. The molecule has 0 amide bonds. The van der Waals surface area contributed by atoms with Crippen LogP contribution in [0.1, 0.15) is 12.0 Å². The van der Waals surface area contributed by atoms with Crippen LogP contribution in [0.15, 0.2) is 24.3 Å². The largest absolute Gasteiger partial charge is 0.382 e. The van der Waals surface area contributed by atoms with E-state index in [2.05, 4.69) is 0 Å². The Labute approximate surface area is 118 Å². The third kappa shape index (κ3) is 4.16. The Bertz CT molecular complexity index is 402. The van der Waals surface area contributed by atoms with E-state index in [1.165, 1.54) is 0 Å². The Balaban J connectivity index is 1.76. The fourth-order valence-corrected chi connectivity index (χ4v) is 2.32. The molecule has 0 saturated heterocycles. The Kier molecular flexibility index (Phi) is 5.60. The van der Waals surface area contributed by atoms with Crippen LogP contribution < -0.4 is 5.73 Å². The van der Waals surface area contributed by atoms with E-state index in [0.717, 1.165) is 17.0 Å². The van der Waals surface area contributed by atoms with Crippen molar-refractivity contribution in [3.63, 3.8) is 0 Å². The SMILES string of the molecule is COCCOC1C(N)CC1OCc1cccc(Cl)c1. The number of benzene rings is 1. The topological polar surface area (TPSA) is 53.7 Å². The molecule has 3 atom stereocenters. The van der Waals surface area contributed by atoms with Gasteiger partial charge in [-0.2, -0.15) is 0 Å². The lowest BCUT2D eigenvalue weighted by molar-refractivity contribution is -0.149. The van der Waals surface area contributed by atoms with Gasteiger partial charge in [-0.05, 0) is 24.1 Å². The van der Waals surface area contributed by atoms with Gasteiger partial charge < -0.3 is 19.9 Å². The van der Waals surface area contributed by atoms with E-state index in [-0.39, 0.29) is 18.2 Å². The minimum Gasteiger partial charge on any atom is -0.382 e. The van der Waals surface area contributed by atoms with Crippen molar-refractivity contribution in [2.75, 3.05) is 20.3 Å². The second-order valence-corrected chi connectivity index (χ2v) is 5.14. The molecule has 5 heteroatoms. The average molecular weight is 286 g/mol. The lowest BCUT2D eigenvalue weighted by atomic mass is 9.86. The molecule has 1 aliphatic rings. The summed E-state index contributed by atoms with van der Waals surface area (Å²) in [7, 11) is 1.65. The van der Waals surface area contributed by atoms with Crippen LogP contribution in [-0.2, 0) is 20.8 Å². The molecule has 2 N–H and O–H groups in total. The molecule has 1 aromatic rings. The van der Waals surface area contributed by atoms with Crippen LogP contribution in [-0.4, -0.2) is 38.6 Å². The van der Waals surface area contributed by atoms with Gasteiger partial charge in [0.15, 0.2) is 0 Å². The van der Waals surface area contributed by atoms with Crippen LogP contribution in [0.4, 0.5) is 0 Å². The molecule has 19 heavy (non-hydrogen) atoms. The van der Waals surface area contributed by atoms with Gasteiger partial charge in [0.2, 0.25) is 0 Å². The molecule has 1 aromatic carbocycles. The number of ether oxygens (including phenoxy) is 3. The second-order valence-electron chi connectivity index (χ2n) is 4.71. The van der Waals surface area contributed by atoms with Gasteiger partial charge in [0.05, 0.1) is 32.0 Å². The Morgan fingerprint density at radius 3 is 2.84 bits per heavy atom. The monoisotopic (exact) mass is 285 g/mol.